The molecule has 0 radical (unpaired) electrons. The lowest BCUT2D eigenvalue weighted by molar-refractivity contribution is -0.113. The standard InChI is InChI=1S/C24H22N2O2/c1-15-8-6-9-17(14-15)22-21(24(28)26-18-10-4-3-5-11-18)16(2)25-19-12-7-13-20(27)23(19)22/h3-14,22,25,27H,1-2H3,(H,26,28). The monoisotopic (exact) mass is 370 g/mol. The SMILES string of the molecule is CC1=C(C(=O)Nc2ccccc2)C(c2cccc(C)c2)c2c(O)cccc2N1. The Morgan fingerprint density at radius 2 is 1.71 bits per heavy atom. The number of para-hydroxylation sites is 1. The fraction of sp³-hybridized carbons (Fsp3) is 0.125. The highest BCUT2D eigenvalue weighted by molar-refractivity contribution is 6.07. The number of phenolic OH excluding ortho intramolecular Hbond substituents is 1. The molecule has 1 aliphatic heterocycles. The van der Waals surface area contributed by atoms with Crippen molar-refractivity contribution >= 4 is 17.3 Å². The van der Waals surface area contributed by atoms with Gasteiger partial charge in [-0.15, -0.1) is 0 Å². The summed E-state index contributed by atoms with van der Waals surface area (Å²) in [4.78, 5) is 13.3. The Labute approximate surface area is 164 Å². The molecule has 0 fully saturated rings. The van der Waals surface area contributed by atoms with Gasteiger partial charge in [-0.05, 0) is 43.7 Å². The number of phenols is 1. The number of carbonyl (C=O) groups is 1. The zero-order valence-electron chi connectivity index (χ0n) is 15.9. The van der Waals surface area contributed by atoms with Crippen molar-refractivity contribution in [3.8, 4) is 5.75 Å². The molecular formula is C24H22N2O2. The zero-order chi connectivity index (χ0) is 19.7. The van der Waals surface area contributed by atoms with Crippen molar-refractivity contribution in [2.75, 3.05) is 10.6 Å². The molecule has 4 rings (SSSR count). The van der Waals surface area contributed by atoms with Gasteiger partial charge in [-0.3, -0.25) is 4.79 Å². The Bertz CT molecular complexity index is 1070. The normalized spacial score (nSPS) is 15.6. The van der Waals surface area contributed by atoms with Crippen LogP contribution >= 0.6 is 0 Å². The van der Waals surface area contributed by atoms with E-state index in [1.807, 2.05) is 68.4 Å². The highest BCUT2D eigenvalue weighted by Gasteiger charge is 2.34. The summed E-state index contributed by atoms with van der Waals surface area (Å²) in [7, 11) is 0. The molecule has 3 N–H and O–H groups in total. The molecule has 0 bridgehead atoms. The fourth-order valence-corrected chi connectivity index (χ4v) is 3.80. The summed E-state index contributed by atoms with van der Waals surface area (Å²) in [5, 5.41) is 16.9. The van der Waals surface area contributed by atoms with E-state index in [0.29, 0.717) is 5.57 Å². The maximum atomic E-state index is 13.3. The number of benzene rings is 3. The van der Waals surface area contributed by atoms with Crippen LogP contribution in [0.25, 0.3) is 0 Å². The van der Waals surface area contributed by atoms with E-state index in [0.717, 1.165) is 33.8 Å². The van der Waals surface area contributed by atoms with Crippen LogP contribution in [0, 0.1) is 6.92 Å². The van der Waals surface area contributed by atoms with Crippen LogP contribution in [-0.4, -0.2) is 11.0 Å². The predicted octanol–water partition coefficient (Wildman–Crippen LogP) is 5.17. The summed E-state index contributed by atoms with van der Waals surface area (Å²) in [6.07, 6.45) is 0. The number of aryl methyl sites for hydroxylation is 1. The topological polar surface area (TPSA) is 61.4 Å². The summed E-state index contributed by atoms with van der Waals surface area (Å²) in [6, 6.07) is 22.9. The first-order valence-electron chi connectivity index (χ1n) is 9.27. The molecule has 0 spiro atoms. The van der Waals surface area contributed by atoms with Gasteiger partial charge in [0.15, 0.2) is 0 Å². The lowest BCUT2D eigenvalue weighted by Crippen LogP contribution is -2.27. The first kappa shape index (κ1) is 17.9. The molecule has 3 aromatic rings. The van der Waals surface area contributed by atoms with E-state index in [9.17, 15) is 9.90 Å². The van der Waals surface area contributed by atoms with Gasteiger partial charge in [-0.25, -0.2) is 0 Å². The summed E-state index contributed by atoms with van der Waals surface area (Å²) in [5.74, 6) is -0.369. The van der Waals surface area contributed by atoms with E-state index in [1.54, 1.807) is 12.1 Å². The molecule has 28 heavy (non-hydrogen) atoms. The van der Waals surface area contributed by atoms with Crippen LogP contribution in [-0.2, 0) is 4.79 Å². The number of anilines is 2. The molecule has 3 aromatic carbocycles. The Kier molecular flexibility index (Phi) is 4.62. The van der Waals surface area contributed by atoms with Crippen LogP contribution in [0.3, 0.4) is 0 Å². The molecular weight excluding hydrogens is 348 g/mol. The van der Waals surface area contributed by atoms with E-state index in [-0.39, 0.29) is 17.6 Å². The van der Waals surface area contributed by atoms with Gasteiger partial charge in [0, 0.05) is 34.1 Å². The molecule has 0 saturated carbocycles. The second-order valence-corrected chi connectivity index (χ2v) is 7.07. The van der Waals surface area contributed by atoms with E-state index in [2.05, 4.69) is 16.7 Å². The number of amides is 1. The molecule has 1 unspecified atom stereocenters. The van der Waals surface area contributed by atoms with Gasteiger partial charge in [-0.1, -0.05) is 54.1 Å². The van der Waals surface area contributed by atoms with Crippen molar-refractivity contribution in [2.24, 2.45) is 0 Å². The number of carbonyl (C=O) groups excluding carboxylic acids is 1. The largest absolute Gasteiger partial charge is 0.508 e. The molecule has 0 aromatic heterocycles. The number of nitrogens with one attached hydrogen (secondary N) is 2. The number of rotatable bonds is 3. The minimum atomic E-state index is -0.360. The Morgan fingerprint density at radius 3 is 2.46 bits per heavy atom. The van der Waals surface area contributed by atoms with Crippen molar-refractivity contribution in [1.82, 2.24) is 0 Å². The van der Waals surface area contributed by atoms with Crippen molar-refractivity contribution in [3.05, 3.63) is 101 Å². The summed E-state index contributed by atoms with van der Waals surface area (Å²) >= 11 is 0. The average Bonchev–Trinajstić information content (AvgIpc) is 2.68. The maximum absolute atomic E-state index is 13.3. The third kappa shape index (κ3) is 3.25. The van der Waals surface area contributed by atoms with Crippen molar-refractivity contribution in [3.63, 3.8) is 0 Å². The fourth-order valence-electron chi connectivity index (χ4n) is 3.80. The van der Waals surface area contributed by atoms with E-state index in [1.165, 1.54) is 0 Å². The lowest BCUT2D eigenvalue weighted by atomic mass is 9.79. The van der Waals surface area contributed by atoms with Gasteiger partial charge in [0.25, 0.3) is 5.91 Å². The lowest BCUT2D eigenvalue weighted by Gasteiger charge is -2.31. The summed E-state index contributed by atoms with van der Waals surface area (Å²) in [5.41, 5.74) is 5.73. The highest BCUT2D eigenvalue weighted by Crippen LogP contribution is 2.46. The second kappa shape index (κ2) is 7.24. The van der Waals surface area contributed by atoms with Crippen LogP contribution in [0.15, 0.2) is 84.1 Å². The van der Waals surface area contributed by atoms with Gasteiger partial charge in [0.05, 0.1) is 0 Å². The molecule has 4 nitrogen and oxygen atoms in total. The first-order chi connectivity index (χ1) is 13.5. The zero-order valence-corrected chi connectivity index (χ0v) is 15.9. The van der Waals surface area contributed by atoms with Crippen molar-refractivity contribution < 1.29 is 9.90 Å². The highest BCUT2D eigenvalue weighted by atomic mass is 16.3. The number of fused-ring (bicyclic) bond motifs is 1. The quantitative estimate of drug-likeness (QED) is 0.596. The van der Waals surface area contributed by atoms with E-state index >= 15 is 0 Å². The molecule has 0 aliphatic carbocycles. The van der Waals surface area contributed by atoms with Gasteiger partial charge in [0.1, 0.15) is 5.75 Å². The Balaban J connectivity index is 1.85. The average molecular weight is 370 g/mol. The van der Waals surface area contributed by atoms with Gasteiger partial charge < -0.3 is 15.7 Å². The van der Waals surface area contributed by atoms with Gasteiger partial charge >= 0.3 is 0 Å². The summed E-state index contributed by atoms with van der Waals surface area (Å²) < 4.78 is 0. The minimum Gasteiger partial charge on any atom is -0.508 e. The minimum absolute atomic E-state index is 0.175. The van der Waals surface area contributed by atoms with E-state index < -0.39 is 0 Å². The maximum Gasteiger partial charge on any atom is 0.254 e. The van der Waals surface area contributed by atoms with Crippen LogP contribution in [0.1, 0.15) is 29.5 Å². The van der Waals surface area contributed by atoms with Crippen LogP contribution < -0.4 is 10.6 Å². The Hall–Kier alpha value is -3.53. The number of allylic oxidation sites excluding steroid dienone is 1. The third-order valence-corrected chi connectivity index (χ3v) is 5.04. The van der Waals surface area contributed by atoms with Crippen LogP contribution in [0.2, 0.25) is 0 Å². The smallest absolute Gasteiger partial charge is 0.254 e. The third-order valence-electron chi connectivity index (χ3n) is 5.04. The summed E-state index contributed by atoms with van der Waals surface area (Å²) in [6.45, 7) is 3.92. The van der Waals surface area contributed by atoms with Crippen molar-refractivity contribution in [1.29, 1.82) is 0 Å². The first-order valence-corrected chi connectivity index (χ1v) is 9.27. The molecule has 1 aliphatic rings. The second-order valence-electron chi connectivity index (χ2n) is 7.07. The number of hydrogen-bond acceptors (Lipinski definition) is 3. The molecule has 1 amide bonds. The molecule has 140 valence electrons. The van der Waals surface area contributed by atoms with Crippen LogP contribution in [0.4, 0.5) is 11.4 Å². The van der Waals surface area contributed by atoms with Crippen LogP contribution in [0.5, 0.6) is 5.75 Å². The predicted molar refractivity (Wildman–Crippen MR) is 113 cm³/mol. The number of aromatic hydroxyl groups is 1. The molecule has 0 saturated heterocycles. The molecule has 1 atom stereocenters. The Morgan fingerprint density at radius 1 is 0.964 bits per heavy atom. The molecule has 4 heteroatoms. The number of hydrogen-bond donors (Lipinski definition) is 3. The van der Waals surface area contributed by atoms with Crippen molar-refractivity contribution in [2.45, 2.75) is 19.8 Å². The van der Waals surface area contributed by atoms with Gasteiger partial charge in [0.2, 0.25) is 0 Å². The van der Waals surface area contributed by atoms with Gasteiger partial charge in [-0.2, -0.15) is 0 Å². The molecule has 1 heterocycles. The van der Waals surface area contributed by atoms with E-state index in [4.69, 9.17) is 0 Å².